The fourth-order valence-electron chi connectivity index (χ4n) is 3.87. The van der Waals surface area contributed by atoms with Gasteiger partial charge < -0.3 is 19.5 Å². The largest absolute Gasteiger partial charge is 0.459 e. The lowest BCUT2D eigenvalue weighted by Crippen LogP contribution is -2.53. The van der Waals surface area contributed by atoms with Crippen LogP contribution in [-0.2, 0) is 0 Å². The van der Waals surface area contributed by atoms with E-state index >= 15 is 0 Å². The van der Waals surface area contributed by atoms with E-state index in [1.165, 1.54) is 12.6 Å². The van der Waals surface area contributed by atoms with Gasteiger partial charge in [-0.25, -0.2) is 9.78 Å². The summed E-state index contributed by atoms with van der Waals surface area (Å²) < 4.78 is 5.20. The molecular formula is C18H24N6O3. The molecule has 2 aliphatic rings. The van der Waals surface area contributed by atoms with E-state index in [-0.39, 0.29) is 18.0 Å². The van der Waals surface area contributed by atoms with Gasteiger partial charge in [-0.3, -0.25) is 9.89 Å². The summed E-state index contributed by atoms with van der Waals surface area (Å²) in [6.07, 6.45) is 6.51. The first-order chi connectivity index (χ1) is 13.2. The summed E-state index contributed by atoms with van der Waals surface area (Å²) in [6, 6.07) is 3.29. The molecule has 27 heavy (non-hydrogen) atoms. The van der Waals surface area contributed by atoms with E-state index in [1.807, 2.05) is 4.90 Å². The summed E-state index contributed by atoms with van der Waals surface area (Å²) in [7, 11) is 0. The molecule has 1 atom stereocenters. The Hall–Kier alpha value is -2.84. The molecular weight excluding hydrogens is 348 g/mol. The number of carbonyl (C=O) groups is 2. The molecule has 0 aliphatic carbocycles. The second-order valence-electron chi connectivity index (χ2n) is 7.15. The van der Waals surface area contributed by atoms with Crippen molar-refractivity contribution in [3.05, 3.63) is 36.3 Å². The number of aromatic nitrogens is 3. The molecule has 9 heteroatoms. The van der Waals surface area contributed by atoms with Gasteiger partial charge in [-0.05, 0) is 37.8 Å². The van der Waals surface area contributed by atoms with Crippen LogP contribution in [0.15, 0.2) is 29.1 Å². The van der Waals surface area contributed by atoms with Crippen LogP contribution in [0, 0.1) is 0 Å². The van der Waals surface area contributed by atoms with Crippen LogP contribution in [0.1, 0.15) is 48.0 Å². The van der Waals surface area contributed by atoms with Gasteiger partial charge in [-0.15, -0.1) is 0 Å². The second kappa shape index (κ2) is 7.81. The van der Waals surface area contributed by atoms with Crippen LogP contribution in [0.4, 0.5) is 4.79 Å². The number of piperidine rings is 2. The van der Waals surface area contributed by atoms with Crippen molar-refractivity contribution in [1.82, 2.24) is 30.3 Å². The normalized spacial score (nSPS) is 21.3. The number of urea groups is 1. The van der Waals surface area contributed by atoms with Crippen LogP contribution in [0.5, 0.6) is 0 Å². The van der Waals surface area contributed by atoms with Crippen LogP contribution in [0.3, 0.4) is 0 Å². The summed E-state index contributed by atoms with van der Waals surface area (Å²) in [5, 5.41) is 9.91. The SMILES string of the molecule is O=C(NC1CCCN(C(=O)c2ccco2)C1)N1CCC(c2ncn[nH]2)CC1. The van der Waals surface area contributed by atoms with Gasteiger partial charge in [-0.2, -0.15) is 5.10 Å². The fraction of sp³-hybridized carbons (Fsp3) is 0.556. The number of nitrogens with zero attached hydrogens (tertiary/aromatic N) is 4. The molecule has 4 heterocycles. The van der Waals surface area contributed by atoms with Crippen molar-refractivity contribution in [3.8, 4) is 0 Å². The summed E-state index contributed by atoms with van der Waals surface area (Å²) >= 11 is 0. The van der Waals surface area contributed by atoms with Gasteiger partial charge >= 0.3 is 6.03 Å². The zero-order valence-electron chi connectivity index (χ0n) is 15.1. The van der Waals surface area contributed by atoms with E-state index in [1.54, 1.807) is 17.0 Å². The van der Waals surface area contributed by atoms with Gasteiger partial charge in [0.1, 0.15) is 12.2 Å². The average molecular weight is 372 g/mol. The van der Waals surface area contributed by atoms with Crippen LogP contribution in [0.2, 0.25) is 0 Å². The Morgan fingerprint density at radius 1 is 1.19 bits per heavy atom. The maximum absolute atomic E-state index is 12.6. The van der Waals surface area contributed by atoms with Crippen LogP contribution < -0.4 is 5.32 Å². The molecule has 2 fully saturated rings. The minimum Gasteiger partial charge on any atom is -0.459 e. The second-order valence-corrected chi connectivity index (χ2v) is 7.15. The molecule has 2 N–H and O–H groups in total. The third-order valence-electron chi connectivity index (χ3n) is 5.37. The molecule has 2 aliphatic heterocycles. The Kier molecular flexibility index (Phi) is 5.08. The predicted octanol–water partition coefficient (Wildman–Crippen LogP) is 1.59. The van der Waals surface area contributed by atoms with E-state index < -0.39 is 0 Å². The van der Waals surface area contributed by atoms with Crippen molar-refractivity contribution >= 4 is 11.9 Å². The van der Waals surface area contributed by atoms with Gasteiger partial charge in [0.05, 0.1) is 6.26 Å². The summed E-state index contributed by atoms with van der Waals surface area (Å²) in [4.78, 5) is 32.9. The van der Waals surface area contributed by atoms with Gasteiger partial charge in [-0.1, -0.05) is 0 Å². The molecule has 1 unspecified atom stereocenters. The number of hydrogen-bond acceptors (Lipinski definition) is 5. The Labute approximate surface area is 157 Å². The number of nitrogens with one attached hydrogen (secondary N) is 2. The molecule has 2 aromatic rings. The molecule has 4 rings (SSSR count). The summed E-state index contributed by atoms with van der Waals surface area (Å²) in [5.41, 5.74) is 0. The Bertz CT molecular complexity index is 752. The average Bonchev–Trinajstić information content (AvgIpc) is 3.42. The number of likely N-dealkylation sites (tertiary alicyclic amines) is 2. The van der Waals surface area contributed by atoms with Gasteiger partial charge in [0.15, 0.2) is 5.76 Å². The highest BCUT2D eigenvalue weighted by Crippen LogP contribution is 2.25. The van der Waals surface area contributed by atoms with Crippen molar-refractivity contribution in [1.29, 1.82) is 0 Å². The first kappa shape index (κ1) is 17.6. The molecule has 9 nitrogen and oxygen atoms in total. The molecule has 2 aromatic heterocycles. The number of carbonyl (C=O) groups excluding carboxylic acids is 2. The van der Waals surface area contributed by atoms with Crippen LogP contribution in [0.25, 0.3) is 0 Å². The number of H-pyrrole nitrogens is 1. The predicted molar refractivity (Wildman–Crippen MR) is 96.1 cm³/mol. The lowest BCUT2D eigenvalue weighted by molar-refractivity contribution is 0.0661. The standard InChI is InChI=1S/C18H24N6O3/c25-17(15-4-2-10-27-15)24-7-1-3-14(11-24)21-18(26)23-8-5-13(6-9-23)16-19-12-20-22-16/h2,4,10,12-14H,1,3,5-9,11H2,(H,21,26)(H,19,20,22). The van der Waals surface area contributed by atoms with Crippen molar-refractivity contribution < 1.29 is 14.0 Å². The summed E-state index contributed by atoms with van der Waals surface area (Å²) in [5.74, 6) is 1.45. The fourth-order valence-corrected chi connectivity index (χ4v) is 3.87. The zero-order valence-corrected chi connectivity index (χ0v) is 15.1. The third kappa shape index (κ3) is 3.96. The van der Waals surface area contributed by atoms with Gasteiger partial charge in [0.2, 0.25) is 0 Å². The Balaban J connectivity index is 1.27. The lowest BCUT2D eigenvalue weighted by atomic mass is 9.96. The Morgan fingerprint density at radius 2 is 2.04 bits per heavy atom. The first-order valence-electron chi connectivity index (χ1n) is 9.44. The Morgan fingerprint density at radius 3 is 2.74 bits per heavy atom. The molecule has 2 saturated heterocycles. The number of rotatable bonds is 3. The van der Waals surface area contributed by atoms with E-state index in [0.717, 1.165) is 31.5 Å². The highest BCUT2D eigenvalue weighted by atomic mass is 16.3. The minimum absolute atomic E-state index is 0.0304. The van der Waals surface area contributed by atoms with Crippen LogP contribution in [-0.4, -0.2) is 69.1 Å². The number of furan rings is 1. The highest BCUT2D eigenvalue weighted by molar-refractivity contribution is 5.91. The van der Waals surface area contributed by atoms with E-state index in [9.17, 15) is 9.59 Å². The molecule has 144 valence electrons. The smallest absolute Gasteiger partial charge is 0.317 e. The van der Waals surface area contributed by atoms with Crippen LogP contribution >= 0.6 is 0 Å². The zero-order chi connectivity index (χ0) is 18.6. The quantitative estimate of drug-likeness (QED) is 0.851. The van der Waals surface area contributed by atoms with E-state index in [0.29, 0.717) is 37.9 Å². The minimum atomic E-state index is -0.119. The number of aromatic amines is 1. The van der Waals surface area contributed by atoms with Gasteiger partial charge in [0.25, 0.3) is 5.91 Å². The topological polar surface area (TPSA) is 107 Å². The third-order valence-corrected chi connectivity index (χ3v) is 5.37. The van der Waals surface area contributed by atoms with Crippen molar-refractivity contribution in [2.45, 2.75) is 37.6 Å². The lowest BCUT2D eigenvalue weighted by Gasteiger charge is -2.36. The highest BCUT2D eigenvalue weighted by Gasteiger charge is 2.30. The van der Waals surface area contributed by atoms with Crippen molar-refractivity contribution in [2.75, 3.05) is 26.2 Å². The molecule has 3 amide bonds. The van der Waals surface area contributed by atoms with Crippen molar-refractivity contribution in [2.24, 2.45) is 0 Å². The van der Waals surface area contributed by atoms with Gasteiger partial charge in [0, 0.05) is 38.1 Å². The molecule has 0 spiro atoms. The summed E-state index contributed by atoms with van der Waals surface area (Å²) in [6.45, 7) is 2.59. The molecule has 0 radical (unpaired) electrons. The maximum Gasteiger partial charge on any atom is 0.317 e. The number of hydrogen-bond donors (Lipinski definition) is 2. The van der Waals surface area contributed by atoms with Crippen molar-refractivity contribution in [3.63, 3.8) is 0 Å². The first-order valence-corrected chi connectivity index (χ1v) is 9.44. The van der Waals surface area contributed by atoms with E-state index in [4.69, 9.17) is 4.42 Å². The molecule has 0 aromatic carbocycles. The molecule has 0 bridgehead atoms. The number of amides is 3. The molecule has 0 saturated carbocycles. The monoisotopic (exact) mass is 372 g/mol. The van der Waals surface area contributed by atoms with E-state index in [2.05, 4.69) is 20.5 Å². The maximum atomic E-state index is 12.6.